The summed E-state index contributed by atoms with van der Waals surface area (Å²) in [6.07, 6.45) is 1.55. The molecular formula is C16H22ClNO2S. The molecule has 1 heterocycles. The molecule has 1 fully saturated rings. The zero-order chi connectivity index (χ0) is 15.4. The molecule has 2 atom stereocenters. The lowest BCUT2D eigenvalue weighted by Crippen LogP contribution is -2.43. The Hall–Kier alpha value is -0.710. The van der Waals surface area contributed by atoms with Gasteiger partial charge in [0.2, 0.25) is 0 Å². The molecule has 2 rings (SSSR count). The number of carbonyl (C=O) groups excluding carboxylic acids is 1. The molecule has 1 saturated heterocycles. The number of thioether (sulfide) groups is 1. The number of halogens is 1. The van der Waals surface area contributed by atoms with Gasteiger partial charge in [0.15, 0.2) is 0 Å². The van der Waals surface area contributed by atoms with Crippen LogP contribution in [0.4, 0.5) is 0 Å². The van der Waals surface area contributed by atoms with E-state index >= 15 is 0 Å². The Morgan fingerprint density at radius 3 is 3.00 bits per heavy atom. The number of piperidine rings is 1. The average Bonchev–Trinajstić information content (AvgIpc) is 2.48. The van der Waals surface area contributed by atoms with Gasteiger partial charge in [-0.15, -0.1) is 11.8 Å². The Labute approximate surface area is 135 Å². The average molecular weight is 328 g/mol. The first-order chi connectivity index (χ1) is 10.0. The van der Waals surface area contributed by atoms with Crippen molar-refractivity contribution in [1.29, 1.82) is 0 Å². The summed E-state index contributed by atoms with van der Waals surface area (Å²) in [4.78, 5) is 15.6. The Morgan fingerprint density at radius 1 is 1.57 bits per heavy atom. The van der Waals surface area contributed by atoms with Gasteiger partial charge in [-0.3, -0.25) is 4.79 Å². The minimum Gasteiger partial charge on any atom is -0.393 e. The fourth-order valence-corrected chi connectivity index (χ4v) is 3.66. The van der Waals surface area contributed by atoms with Crippen molar-refractivity contribution >= 4 is 29.3 Å². The number of aliphatic hydroxyl groups excluding tert-OH is 1. The number of amides is 1. The second-order valence-corrected chi connectivity index (χ2v) is 7.21. The summed E-state index contributed by atoms with van der Waals surface area (Å²) in [6, 6.07) is 5.50. The smallest absolute Gasteiger partial charge is 0.255 e. The Morgan fingerprint density at radius 2 is 2.33 bits per heavy atom. The number of carbonyl (C=O) groups is 1. The van der Waals surface area contributed by atoms with Gasteiger partial charge in [-0.25, -0.2) is 0 Å². The number of hydrogen-bond acceptors (Lipinski definition) is 3. The van der Waals surface area contributed by atoms with Crippen LogP contribution in [0.15, 0.2) is 23.1 Å². The van der Waals surface area contributed by atoms with Gasteiger partial charge in [-0.2, -0.15) is 0 Å². The quantitative estimate of drug-likeness (QED) is 0.857. The highest BCUT2D eigenvalue weighted by Gasteiger charge is 2.28. The van der Waals surface area contributed by atoms with Crippen LogP contribution < -0.4 is 0 Å². The Balaban J connectivity index is 2.20. The van der Waals surface area contributed by atoms with Crippen LogP contribution in [0.3, 0.4) is 0 Å². The first-order valence-electron chi connectivity index (χ1n) is 7.42. The summed E-state index contributed by atoms with van der Waals surface area (Å²) in [5.41, 5.74) is 0.681. The lowest BCUT2D eigenvalue weighted by atomic mass is 9.93. The van der Waals surface area contributed by atoms with Crippen LogP contribution in [0.1, 0.15) is 37.0 Å². The van der Waals surface area contributed by atoms with Crippen LogP contribution in [-0.2, 0) is 0 Å². The third-order valence-electron chi connectivity index (χ3n) is 3.90. The van der Waals surface area contributed by atoms with Gasteiger partial charge >= 0.3 is 0 Å². The van der Waals surface area contributed by atoms with Gasteiger partial charge in [0.1, 0.15) is 0 Å². The van der Waals surface area contributed by atoms with Crippen molar-refractivity contribution in [3.63, 3.8) is 0 Å². The number of nitrogens with zero attached hydrogens (tertiary/aromatic N) is 1. The highest BCUT2D eigenvalue weighted by Crippen LogP contribution is 2.28. The monoisotopic (exact) mass is 327 g/mol. The van der Waals surface area contributed by atoms with E-state index in [0.717, 1.165) is 30.0 Å². The van der Waals surface area contributed by atoms with Crippen molar-refractivity contribution in [3.05, 3.63) is 28.8 Å². The molecule has 3 nitrogen and oxygen atoms in total. The minimum atomic E-state index is -0.371. The molecular weight excluding hydrogens is 306 g/mol. The van der Waals surface area contributed by atoms with Crippen LogP contribution in [0.5, 0.6) is 0 Å². The van der Waals surface area contributed by atoms with Gasteiger partial charge in [0, 0.05) is 28.9 Å². The largest absolute Gasteiger partial charge is 0.393 e. The molecule has 0 saturated carbocycles. The molecule has 0 bridgehead atoms. The molecule has 0 aromatic heterocycles. The van der Waals surface area contributed by atoms with Crippen LogP contribution >= 0.6 is 23.4 Å². The molecule has 0 aliphatic carbocycles. The fourth-order valence-electron chi connectivity index (χ4n) is 2.71. The SMILES string of the molecule is CCSc1ccc(Cl)cc1C(=O)N1CCCC(C(C)O)C1. The van der Waals surface area contributed by atoms with Gasteiger partial charge in [0.25, 0.3) is 5.91 Å². The summed E-state index contributed by atoms with van der Waals surface area (Å²) in [5.74, 6) is 1.11. The van der Waals surface area contributed by atoms with Crippen LogP contribution in [-0.4, -0.2) is 40.9 Å². The van der Waals surface area contributed by atoms with E-state index in [1.165, 1.54) is 0 Å². The van der Waals surface area contributed by atoms with Crippen molar-refractivity contribution in [1.82, 2.24) is 4.90 Å². The third kappa shape index (κ3) is 4.15. The number of likely N-dealkylation sites (tertiary alicyclic amines) is 1. The minimum absolute atomic E-state index is 0.0267. The highest BCUT2D eigenvalue weighted by molar-refractivity contribution is 7.99. The molecule has 21 heavy (non-hydrogen) atoms. The number of hydrogen-bond donors (Lipinski definition) is 1. The zero-order valence-electron chi connectivity index (χ0n) is 12.5. The van der Waals surface area contributed by atoms with Gasteiger partial charge in [-0.05, 0) is 43.7 Å². The van der Waals surface area contributed by atoms with Crippen molar-refractivity contribution in [2.45, 2.75) is 37.7 Å². The predicted molar refractivity (Wildman–Crippen MR) is 88.2 cm³/mol. The molecule has 116 valence electrons. The normalized spacial score (nSPS) is 20.4. The molecule has 2 unspecified atom stereocenters. The number of rotatable bonds is 4. The molecule has 1 aliphatic rings. The van der Waals surface area contributed by atoms with Crippen molar-refractivity contribution in [2.24, 2.45) is 5.92 Å². The zero-order valence-corrected chi connectivity index (χ0v) is 14.1. The molecule has 1 aromatic carbocycles. The Kier molecular flexibility index (Phi) is 5.97. The first kappa shape index (κ1) is 16.7. The van der Waals surface area contributed by atoms with E-state index in [0.29, 0.717) is 17.1 Å². The van der Waals surface area contributed by atoms with E-state index in [1.807, 2.05) is 17.0 Å². The van der Waals surface area contributed by atoms with Crippen molar-refractivity contribution in [2.75, 3.05) is 18.8 Å². The summed E-state index contributed by atoms with van der Waals surface area (Å²) in [6.45, 7) is 5.25. The maximum atomic E-state index is 12.8. The van der Waals surface area contributed by atoms with E-state index in [9.17, 15) is 9.90 Å². The Bertz CT molecular complexity index is 507. The van der Waals surface area contributed by atoms with Gasteiger partial charge < -0.3 is 10.0 Å². The number of aliphatic hydroxyl groups is 1. The van der Waals surface area contributed by atoms with Crippen LogP contribution in [0.25, 0.3) is 0 Å². The standard InChI is InChI=1S/C16H22ClNO2S/c1-3-21-15-7-6-13(17)9-14(15)16(20)18-8-4-5-12(10-18)11(2)19/h6-7,9,11-12,19H,3-5,8,10H2,1-2H3. The summed E-state index contributed by atoms with van der Waals surface area (Å²) in [5, 5.41) is 10.4. The molecule has 0 radical (unpaired) electrons. The molecule has 1 aromatic rings. The van der Waals surface area contributed by atoms with Crippen LogP contribution in [0, 0.1) is 5.92 Å². The molecule has 1 N–H and O–H groups in total. The summed E-state index contributed by atoms with van der Waals surface area (Å²) >= 11 is 7.71. The van der Waals surface area contributed by atoms with Gasteiger partial charge in [-0.1, -0.05) is 18.5 Å². The first-order valence-corrected chi connectivity index (χ1v) is 8.79. The topological polar surface area (TPSA) is 40.5 Å². The molecule has 1 amide bonds. The van der Waals surface area contributed by atoms with E-state index in [-0.39, 0.29) is 17.9 Å². The fraction of sp³-hybridized carbons (Fsp3) is 0.562. The lowest BCUT2D eigenvalue weighted by molar-refractivity contribution is 0.0463. The lowest BCUT2D eigenvalue weighted by Gasteiger charge is -2.34. The second kappa shape index (κ2) is 7.52. The van der Waals surface area contributed by atoms with Crippen LogP contribution in [0.2, 0.25) is 5.02 Å². The third-order valence-corrected chi connectivity index (χ3v) is 5.09. The molecule has 1 aliphatic heterocycles. The van der Waals surface area contributed by atoms with Gasteiger partial charge in [0.05, 0.1) is 11.7 Å². The maximum Gasteiger partial charge on any atom is 0.255 e. The number of benzene rings is 1. The molecule has 0 spiro atoms. The van der Waals surface area contributed by atoms with Crippen molar-refractivity contribution < 1.29 is 9.90 Å². The highest BCUT2D eigenvalue weighted by atomic mass is 35.5. The molecule has 5 heteroatoms. The predicted octanol–water partition coefficient (Wildman–Crippen LogP) is 3.69. The maximum absolute atomic E-state index is 12.8. The van der Waals surface area contributed by atoms with Crippen molar-refractivity contribution in [3.8, 4) is 0 Å². The van der Waals surface area contributed by atoms with E-state index < -0.39 is 0 Å². The van der Waals surface area contributed by atoms with E-state index in [2.05, 4.69) is 6.92 Å². The second-order valence-electron chi connectivity index (χ2n) is 5.47. The van der Waals surface area contributed by atoms with E-state index in [4.69, 9.17) is 11.6 Å². The van der Waals surface area contributed by atoms with E-state index in [1.54, 1.807) is 24.8 Å². The summed E-state index contributed by atoms with van der Waals surface area (Å²) < 4.78 is 0. The summed E-state index contributed by atoms with van der Waals surface area (Å²) in [7, 11) is 0.